The summed E-state index contributed by atoms with van der Waals surface area (Å²) in [6.45, 7) is 4.20. The van der Waals surface area contributed by atoms with Gasteiger partial charge >= 0.3 is 0 Å². The van der Waals surface area contributed by atoms with E-state index in [1.165, 1.54) is 25.7 Å². The molecule has 0 aromatic heterocycles. The molecule has 1 atom stereocenters. The molecule has 0 heterocycles. The molecule has 0 nitrogen and oxygen atoms in total. The lowest BCUT2D eigenvalue weighted by Gasteiger charge is -2.22. The Morgan fingerprint density at radius 2 is 1.62 bits per heavy atom. The van der Waals surface area contributed by atoms with Crippen LogP contribution >= 0.6 is 0 Å². The molecule has 0 saturated heterocycles. The molecule has 0 N–H and O–H groups in total. The summed E-state index contributed by atoms with van der Waals surface area (Å²) in [6, 6.07) is 11.0. The molecular weight excluding hydrogens is 326 g/mol. The summed E-state index contributed by atoms with van der Waals surface area (Å²) >= 11 is 0. The van der Waals surface area contributed by atoms with E-state index >= 15 is 0 Å². The summed E-state index contributed by atoms with van der Waals surface area (Å²) in [5, 5.41) is 0. The van der Waals surface area contributed by atoms with Crippen LogP contribution in [0, 0.1) is 24.5 Å². The van der Waals surface area contributed by atoms with Crippen molar-refractivity contribution in [2.75, 3.05) is 0 Å². The van der Waals surface area contributed by atoms with E-state index in [4.69, 9.17) is 0 Å². The van der Waals surface area contributed by atoms with Gasteiger partial charge in [0.2, 0.25) is 0 Å². The fraction of sp³-hybridized carbons (Fsp3) is 0.417. The van der Waals surface area contributed by atoms with Crippen LogP contribution in [0.3, 0.4) is 0 Å². The van der Waals surface area contributed by atoms with E-state index in [-0.39, 0.29) is 0 Å². The minimum atomic E-state index is -0.739. The van der Waals surface area contributed by atoms with Crippen molar-refractivity contribution in [1.29, 1.82) is 0 Å². The summed E-state index contributed by atoms with van der Waals surface area (Å²) in [7, 11) is 0. The summed E-state index contributed by atoms with van der Waals surface area (Å²) in [4.78, 5) is 0. The van der Waals surface area contributed by atoms with Gasteiger partial charge in [-0.05, 0) is 43.2 Å². The summed E-state index contributed by atoms with van der Waals surface area (Å²) in [6.07, 6.45) is 10.1. The monoisotopic (exact) mass is 354 g/mol. The first kappa shape index (κ1) is 18.8. The van der Waals surface area contributed by atoms with Crippen molar-refractivity contribution in [2.24, 2.45) is 5.92 Å². The molecule has 0 fully saturated rings. The van der Waals surface area contributed by atoms with Crippen molar-refractivity contribution in [2.45, 2.75) is 58.8 Å². The Balaban J connectivity index is 1.77. The van der Waals surface area contributed by atoms with Crippen LogP contribution < -0.4 is 0 Å². The fourth-order valence-electron chi connectivity index (χ4n) is 3.83. The third kappa shape index (κ3) is 4.23. The average molecular weight is 354 g/mol. The molecule has 138 valence electrons. The second kappa shape index (κ2) is 8.62. The summed E-state index contributed by atoms with van der Waals surface area (Å²) in [5.74, 6) is -0.749. The van der Waals surface area contributed by atoms with Crippen LogP contribution in [0.1, 0.15) is 63.0 Å². The Morgan fingerprint density at radius 3 is 2.27 bits per heavy atom. The Labute approximate surface area is 156 Å². The fourth-order valence-corrected chi connectivity index (χ4v) is 3.83. The number of unbranched alkanes of at least 4 members (excludes halogenated alkanes) is 2. The molecule has 26 heavy (non-hydrogen) atoms. The van der Waals surface area contributed by atoms with Crippen molar-refractivity contribution in [3.63, 3.8) is 0 Å². The standard InChI is InChI=1S/C24H28F2/c1-3-4-5-6-18-9-13-20(14-10-18)22-16-15-21(23(25)24(22)26)19-11-7-17(2)8-12-19/h7-8,11-13,15-16,18H,3-6,9-10,14H2,1-2H3. The quantitative estimate of drug-likeness (QED) is 0.466. The molecule has 0 saturated carbocycles. The van der Waals surface area contributed by atoms with Crippen LogP contribution in [0.15, 0.2) is 42.5 Å². The highest BCUT2D eigenvalue weighted by Crippen LogP contribution is 2.36. The Kier molecular flexibility index (Phi) is 6.24. The molecule has 0 radical (unpaired) electrons. The van der Waals surface area contributed by atoms with E-state index in [0.29, 0.717) is 22.6 Å². The van der Waals surface area contributed by atoms with Crippen molar-refractivity contribution < 1.29 is 8.78 Å². The molecule has 0 amide bonds. The van der Waals surface area contributed by atoms with Gasteiger partial charge in [0.05, 0.1) is 0 Å². The molecule has 0 spiro atoms. The van der Waals surface area contributed by atoms with E-state index in [9.17, 15) is 8.78 Å². The van der Waals surface area contributed by atoms with Crippen molar-refractivity contribution in [3.05, 3.63) is 65.2 Å². The van der Waals surface area contributed by atoms with Crippen LogP contribution in [0.25, 0.3) is 16.7 Å². The number of benzene rings is 2. The number of aryl methyl sites for hydroxylation is 1. The van der Waals surface area contributed by atoms with Gasteiger partial charge in [-0.25, -0.2) is 8.78 Å². The lowest BCUT2D eigenvalue weighted by atomic mass is 9.83. The first-order chi connectivity index (χ1) is 12.6. The van der Waals surface area contributed by atoms with E-state index in [2.05, 4.69) is 13.0 Å². The normalized spacial score (nSPS) is 17.2. The first-order valence-electron chi connectivity index (χ1n) is 9.84. The average Bonchev–Trinajstić information content (AvgIpc) is 2.66. The molecule has 2 aromatic carbocycles. The second-order valence-electron chi connectivity index (χ2n) is 7.52. The van der Waals surface area contributed by atoms with Crippen LogP contribution in [-0.4, -0.2) is 0 Å². The minimum Gasteiger partial charge on any atom is -0.203 e. The maximum absolute atomic E-state index is 14.7. The third-order valence-corrected chi connectivity index (χ3v) is 5.53. The van der Waals surface area contributed by atoms with Gasteiger partial charge in [-0.15, -0.1) is 0 Å². The molecule has 3 rings (SSSR count). The molecule has 0 aliphatic heterocycles. The largest absolute Gasteiger partial charge is 0.203 e. The van der Waals surface area contributed by atoms with E-state index < -0.39 is 11.6 Å². The van der Waals surface area contributed by atoms with Gasteiger partial charge in [0.25, 0.3) is 0 Å². The topological polar surface area (TPSA) is 0 Å². The predicted octanol–water partition coefficient (Wildman–Crippen LogP) is 7.70. The van der Waals surface area contributed by atoms with Crippen LogP contribution in [0.5, 0.6) is 0 Å². The molecule has 2 heteroatoms. The summed E-state index contributed by atoms with van der Waals surface area (Å²) < 4.78 is 29.4. The zero-order valence-corrected chi connectivity index (χ0v) is 15.8. The van der Waals surface area contributed by atoms with Crippen molar-refractivity contribution >= 4 is 5.57 Å². The minimum absolute atomic E-state index is 0.333. The molecule has 1 aliphatic rings. The third-order valence-electron chi connectivity index (χ3n) is 5.53. The lowest BCUT2D eigenvalue weighted by molar-refractivity contribution is 0.427. The predicted molar refractivity (Wildman–Crippen MR) is 106 cm³/mol. The molecular formula is C24H28F2. The van der Waals surface area contributed by atoms with Gasteiger partial charge in [-0.2, -0.15) is 0 Å². The maximum atomic E-state index is 14.7. The van der Waals surface area contributed by atoms with Gasteiger partial charge in [0.1, 0.15) is 0 Å². The number of hydrogen-bond acceptors (Lipinski definition) is 0. The number of allylic oxidation sites excluding steroid dienone is 2. The molecule has 1 unspecified atom stereocenters. The van der Waals surface area contributed by atoms with Gasteiger partial charge < -0.3 is 0 Å². The van der Waals surface area contributed by atoms with Gasteiger partial charge in [-0.1, -0.05) is 80.6 Å². The van der Waals surface area contributed by atoms with Crippen LogP contribution in [0.2, 0.25) is 0 Å². The van der Waals surface area contributed by atoms with E-state index in [1.54, 1.807) is 12.1 Å². The molecule has 1 aliphatic carbocycles. The number of hydrogen-bond donors (Lipinski definition) is 0. The SMILES string of the molecule is CCCCCC1CC=C(c2ccc(-c3ccc(C)cc3)c(F)c2F)CC1. The van der Waals surface area contributed by atoms with Crippen LogP contribution in [-0.2, 0) is 0 Å². The highest BCUT2D eigenvalue weighted by molar-refractivity contribution is 5.72. The number of halogens is 2. The Bertz CT molecular complexity index is 772. The Hall–Kier alpha value is -1.96. The maximum Gasteiger partial charge on any atom is 0.167 e. The van der Waals surface area contributed by atoms with Crippen LogP contribution in [0.4, 0.5) is 8.78 Å². The smallest absolute Gasteiger partial charge is 0.167 e. The molecule has 0 bridgehead atoms. The Morgan fingerprint density at radius 1 is 0.923 bits per heavy atom. The van der Waals surface area contributed by atoms with Gasteiger partial charge in [-0.3, -0.25) is 0 Å². The second-order valence-corrected chi connectivity index (χ2v) is 7.52. The highest BCUT2D eigenvalue weighted by Gasteiger charge is 2.20. The zero-order chi connectivity index (χ0) is 18.5. The first-order valence-corrected chi connectivity index (χ1v) is 9.84. The summed E-state index contributed by atoms with van der Waals surface area (Å²) in [5.41, 5.74) is 3.55. The van der Waals surface area contributed by atoms with Crippen molar-refractivity contribution in [1.82, 2.24) is 0 Å². The highest BCUT2D eigenvalue weighted by atomic mass is 19.2. The molecule has 2 aromatic rings. The lowest BCUT2D eigenvalue weighted by Crippen LogP contribution is -2.07. The van der Waals surface area contributed by atoms with Crippen molar-refractivity contribution in [3.8, 4) is 11.1 Å². The van der Waals surface area contributed by atoms with Gasteiger partial charge in [0, 0.05) is 11.1 Å². The van der Waals surface area contributed by atoms with Gasteiger partial charge in [0.15, 0.2) is 11.6 Å². The zero-order valence-electron chi connectivity index (χ0n) is 15.8. The van der Waals surface area contributed by atoms with E-state index in [1.807, 2.05) is 31.2 Å². The van der Waals surface area contributed by atoms with E-state index in [0.717, 1.165) is 30.4 Å². The number of rotatable bonds is 6.